The average molecular weight is 389 g/mol. The Hall–Kier alpha value is -3.22. The molecule has 7 nitrogen and oxygen atoms in total. The first-order valence-corrected chi connectivity index (χ1v) is 10.1. The fourth-order valence-corrected chi connectivity index (χ4v) is 4.48. The van der Waals surface area contributed by atoms with Crippen LogP contribution in [0.3, 0.4) is 0 Å². The lowest BCUT2D eigenvalue weighted by molar-refractivity contribution is 0.0701. The van der Waals surface area contributed by atoms with Crippen molar-refractivity contribution in [2.24, 2.45) is 5.92 Å². The topological polar surface area (TPSA) is 75.4 Å². The molecule has 2 aliphatic rings. The number of aryl methyl sites for hydroxylation is 1. The molecule has 0 spiro atoms. The summed E-state index contributed by atoms with van der Waals surface area (Å²) < 4.78 is 5.45. The molecule has 0 bridgehead atoms. The molecule has 2 atom stereocenters. The number of benzene rings is 1. The van der Waals surface area contributed by atoms with E-state index in [4.69, 9.17) is 4.52 Å². The van der Waals surface area contributed by atoms with E-state index < -0.39 is 0 Å². The van der Waals surface area contributed by atoms with Crippen LogP contribution in [0.15, 0.2) is 53.2 Å². The van der Waals surface area contributed by atoms with Gasteiger partial charge in [0.15, 0.2) is 11.5 Å². The number of carbonyl (C=O) groups is 1. The minimum atomic E-state index is -0.0517. The van der Waals surface area contributed by atoms with Gasteiger partial charge in [0.2, 0.25) is 0 Å². The maximum absolute atomic E-state index is 13.2. The number of fused-ring (bicyclic) bond motifs is 1. The normalized spacial score (nSPS) is 21.3. The molecule has 148 valence electrons. The first-order chi connectivity index (χ1) is 14.2. The van der Waals surface area contributed by atoms with E-state index in [1.54, 1.807) is 12.3 Å². The Morgan fingerprint density at radius 3 is 2.79 bits per heavy atom. The Morgan fingerprint density at radius 1 is 1.14 bits per heavy atom. The number of carbonyl (C=O) groups excluding carboxylic acids is 1. The van der Waals surface area contributed by atoms with E-state index in [-0.39, 0.29) is 11.9 Å². The maximum atomic E-state index is 13.2. The van der Waals surface area contributed by atoms with E-state index in [1.165, 1.54) is 0 Å². The number of likely N-dealkylation sites (tertiary alicyclic amines) is 1. The zero-order valence-electron chi connectivity index (χ0n) is 16.4. The number of hydrogen-bond acceptors (Lipinski definition) is 6. The van der Waals surface area contributed by atoms with Crippen LogP contribution in [0.25, 0.3) is 11.3 Å². The number of hydrogen-bond donors (Lipinski definition) is 0. The molecule has 0 N–H and O–H groups in total. The van der Waals surface area contributed by atoms with Gasteiger partial charge in [-0.1, -0.05) is 35.5 Å². The number of nitrogens with zero attached hydrogens (tertiary/aromatic N) is 5. The second-order valence-electron chi connectivity index (χ2n) is 7.75. The number of anilines is 1. The first-order valence-electron chi connectivity index (χ1n) is 10.1. The summed E-state index contributed by atoms with van der Waals surface area (Å²) in [7, 11) is 0. The monoisotopic (exact) mass is 389 g/mol. The van der Waals surface area contributed by atoms with Gasteiger partial charge in [-0.2, -0.15) is 0 Å². The van der Waals surface area contributed by atoms with Crippen LogP contribution in [0.2, 0.25) is 0 Å². The molecular weight excluding hydrogens is 366 g/mol. The smallest absolute Gasteiger partial charge is 0.276 e. The fraction of sp³-hybridized carbons (Fsp3) is 0.364. The van der Waals surface area contributed by atoms with E-state index >= 15 is 0 Å². The van der Waals surface area contributed by atoms with Crippen molar-refractivity contribution in [1.29, 1.82) is 0 Å². The van der Waals surface area contributed by atoms with Crippen LogP contribution in [0.4, 0.5) is 5.82 Å². The third kappa shape index (κ3) is 3.37. The van der Waals surface area contributed by atoms with Gasteiger partial charge < -0.3 is 14.3 Å². The van der Waals surface area contributed by atoms with Gasteiger partial charge in [0.05, 0.1) is 6.04 Å². The summed E-state index contributed by atoms with van der Waals surface area (Å²) in [5, 5.41) is 4.06. The fourth-order valence-electron chi connectivity index (χ4n) is 4.48. The molecule has 29 heavy (non-hydrogen) atoms. The second kappa shape index (κ2) is 7.31. The Morgan fingerprint density at radius 2 is 1.97 bits per heavy atom. The third-order valence-electron chi connectivity index (χ3n) is 6.00. The molecular formula is C22H23N5O2. The van der Waals surface area contributed by atoms with Crippen LogP contribution >= 0.6 is 0 Å². The molecule has 2 unspecified atom stereocenters. The van der Waals surface area contributed by atoms with Gasteiger partial charge >= 0.3 is 0 Å². The summed E-state index contributed by atoms with van der Waals surface area (Å²) >= 11 is 0. The summed E-state index contributed by atoms with van der Waals surface area (Å²) in [6.45, 7) is 4.41. The molecule has 7 heteroatoms. The molecule has 0 saturated carbocycles. The molecule has 2 saturated heterocycles. The van der Waals surface area contributed by atoms with Crippen LogP contribution in [-0.4, -0.2) is 51.6 Å². The lowest BCUT2D eigenvalue weighted by Crippen LogP contribution is -2.50. The van der Waals surface area contributed by atoms with Crippen molar-refractivity contribution in [3.63, 3.8) is 0 Å². The molecule has 0 radical (unpaired) electrons. The Balaban J connectivity index is 1.35. The summed E-state index contributed by atoms with van der Waals surface area (Å²) in [5.74, 6) is 2.79. The van der Waals surface area contributed by atoms with Crippen molar-refractivity contribution in [2.45, 2.75) is 25.8 Å². The Labute approximate surface area is 169 Å². The van der Waals surface area contributed by atoms with Crippen molar-refractivity contribution >= 4 is 11.7 Å². The SMILES string of the molecule is Cc1nccc(N2CCC3CCN(C(=O)c4cc(-c5ccccc5)on4)C3C2)n1. The lowest BCUT2D eigenvalue weighted by Gasteiger charge is -2.38. The van der Waals surface area contributed by atoms with Crippen molar-refractivity contribution in [2.75, 3.05) is 24.5 Å². The van der Waals surface area contributed by atoms with Gasteiger partial charge in [-0.15, -0.1) is 0 Å². The van der Waals surface area contributed by atoms with Crippen LogP contribution < -0.4 is 4.90 Å². The molecule has 4 heterocycles. The minimum absolute atomic E-state index is 0.0517. The third-order valence-corrected chi connectivity index (χ3v) is 6.00. The molecule has 2 fully saturated rings. The second-order valence-corrected chi connectivity index (χ2v) is 7.75. The maximum Gasteiger partial charge on any atom is 0.276 e. The highest BCUT2D eigenvalue weighted by atomic mass is 16.5. The predicted molar refractivity (Wildman–Crippen MR) is 108 cm³/mol. The van der Waals surface area contributed by atoms with E-state index in [1.807, 2.05) is 48.2 Å². The largest absolute Gasteiger partial charge is 0.355 e. The number of piperidine rings is 1. The Kier molecular flexibility index (Phi) is 4.50. The number of amides is 1. The van der Waals surface area contributed by atoms with Crippen LogP contribution in [-0.2, 0) is 0 Å². The standard InChI is InChI=1S/C22H23N5O2/c1-15-23-10-7-21(24-15)26-11-8-16-9-12-27(19(16)14-26)22(28)18-13-20(29-25-18)17-5-3-2-4-6-17/h2-7,10,13,16,19H,8-9,11-12,14H2,1H3. The van der Waals surface area contributed by atoms with E-state index in [0.717, 1.165) is 49.7 Å². The highest BCUT2D eigenvalue weighted by Gasteiger charge is 2.41. The Bertz CT molecular complexity index is 1020. The summed E-state index contributed by atoms with van der Waals surface area (Å²) in [4.78, 5) is 26.2. The highest BCUT2D eigenvalue weighted by Crippen LogP contribution is 2.34. The summed E-state index contributed by atoms with van der Waals surface area (Å²) in [6.07, 6.45) is 3.89. The predicted octanol–water partition coefficient (Wildman–Crippen LogP) is 3.18. The number of rotatable bonds is 3. The summed E-state index contributed by atoms with van der Waals surface area (Å²) in [6, 6.07) is 13.6. The van der Waals surface area contributed by atoms with E-state index in [0.29, 0.717) is 17.4 Å². The van der Waals surface area contributed by atoms with Crippen LogP contribution in [0.1, 0.15) is 29.2 Å². The zero-order valence-corrected chi connectivity index (χ0v) is 16.4. The van der Waals surface area contributed by atoms with Crippen molar-refractivity contribution in [3.8, 4) is 11.3 Å². The first kappa shape index (κ1) is 17.8. The minimum Gasteiger partial charge on any atom is -0.355 e. The molecule has 0 aliphatic carbocycles. The van der Waals surface area contributed by atoms with Gasteiger partial charge in [0.25, 0.3) is 5.91 Å². The molecule has 2 aromatic heterocycles. The van der Waals surface area contributed by atoms with Crippen molar-refractivity contribution in [3.05, 3.63) is 60.2 Å². The van der Waals surface area contributed by atoms with Gasteiger partial charge in [-0.25, -0.2) is 9.97 Å². The quantitative estimate of drug-likeness (QED) is 0.685. The molecule has 3 aromatic rings. The van der Waals surface area contributed by atoms with Crippen LogP contribution in [0, 0.1) is 12.8 Å². The average Bonchev–Trinajstić information content (AvgIpc) is 3.41. The number of aromatic nitrogens is 3. The van der Waals surface area contributed by atoms with E-state index in [2.05, 4.69) is 20.0 Å². The molecule has 1 amide bonds. The zero-order chi connectivity index (χ0) is 19.8. The van der Waals surface area contributed by atoms with Crippen molar-refractivity contribution in [1.82, 2.24) is 20.0 Å². The van der Waals surface area contributed by atoms with Crippen LogP contribution in [0.5, 0.6) is 0 Å². The summed E-state index contributed by atoms with van der Waals surface area (Å²) in [5.41, 5.74) is 1.29. The molecule has 2 aliphatic heterocycles. The lowest BCUT2D eigenvalue weighted by atomic mass is 9.92. The van der Waals surface area contributed by atoms with Crippen molar-refractivity contribution < 1.29 is 9.32 Å². The van der Waals surface area contributed by atoms with Gasteiger partial charge in [0.1, 0.15) is 11.6 Å². The van der Waals surface area contributed by atoms with Gasteiger partial charge in [-0.3, -0.25) is 4.79 Å². The van der Waals surface area contributed by atoms with Gasteiger partial charge in [-0.05, 0) is 31.7 Å². The van der Waals surface area contributed by atoms with Gasteiger partial charge in [0, 0.05) is 37.5 Å². The van der Waals surface area contributed by atoms with E-state index in [9.17, 15) is 4.79 Å². The molecule has 5 rings (SSSR count). The molecule has 1 aromatic carbocycles. The highest BCUT2D eigenvalue weighted by molar-refractivity contribution is 5.93.